The Morgan fingerprint density at radius 1 is 0.957 bits per heavy atom. The second-order valence-electron chi connectivity index (χ2n) is 5.38. The van der Waals surface area contributed by atoms with E-state index in [-0.39, 0.29) is 10.5 Å². The van der Waals surface area contributed by atoms with Crippen molar-refractivity contribution in [1.29, 1.82) is 0 Å². The van der Waals surface area contributed by atoms with Gasteiger partial charge in [-0.3, -0.25) is 4.72 Å². The van der Waals surface area contributed by atoms with Crippen molar-refractivity contribution >= 4 is 21.7 Å². The highest BCUT2D eigenvalue weighted by Gasteiger charge is 2.19. The molecule has 2 rings (SSSR count). The predicted molar refractivity (Wildman–Crippen MR) is 89.2 cm³/mol. The average molecular weight is 333 g/mol. The minimum Gasteiger partial charge on any atom is -0.465 e. The molecule has 0 aliphatic rings. The van der Waals surface area contributed by atoms with Gasteiger partial charge in [0.2, 0.25) is 0 Å². The van der Waals surface area contributed by atoms with E-state index < -0.39 is 16.0 Å². The maximum Gasteiger partial charge on any atom is 0.337 e. The minimum atomic E-state index is -3.80. The SMILES string of the molecule is COC(=O)c1ccc(C)c(S(=O)(=O)Nc2ccc(C)c(C)c2)c1. The molecule has 0 bridgehead atoms. The number of anilines is 1. The molecule has 0 aliphatic heterocycles. The number of esters is 1. The van der Waals surface area contributed by atoms with E-state index in [0.717, 1.165) is 11.1 Å². The predicted octanol–water partition coefficient (Wildman–Crippen LogP) is 3.20. The Hall–Kier alpha value is -2.34. The molecule has 2 aromatic carbocycles. The van der Waals surface area contributed by atoms with E-state index >= 15 is 0 Å². The van der Waals surface area contributed by atoms with Gasteiger partial charge in [0.05, 0.1) is 17.6 Å². The first-order valence-electron chi connectivity index (χ1n) is 7.03. The van der Waals surface area contributed by atoms with E-state index in [4.69, 9.17) is 0 Å². The van der Waals surface area contributed by atoms with Crippen LogP contribution < -0.4 is 4.72 Å². The second-order valence-corrected chi connectivity index (χ2v) is 7.03. The van der Waals surface area contributed by atoms with Crippen molar-refractivity contribution in [3.8, 4) is 0 Å². The van der Waals surface area contributed by atoms with Gasteiger partial charge in [0.1, 0.15) is 0 Å². The molecule has 0 atom stereocenters. The lowest BCUT2D eigenvalue weighted by atomic mass is 10.1. The van der Waals surface area contributed by atoms with E-state index in [2.05, 4.69) is 9.46 Å². The van der Waals surface area contributed by atoms with Gasteiger partial charge < -0.3 is 4.74 Å². The molecule has 2 aromatic rings. The van der Waals surface area contributed by atoms with Crippen LogP contribution in [0, 0.1) is 20.8 Å². The third-order valence-corrected chi connectivity index (χ3v) is 5.18. The van der Waals surface area contributed by atoms with Crippen LogP contribution >= 0.6 is 0 Å². The van der Waals surface area contributed by atoms with Crippen molar-refractivity contribution in [3.05, 3.63) is 58.7 Å². The number of carbonyl (C=O) groups is 1. The topological polar surface area (TPSA) is 72.5 Å². The number of ether oxygens (including phenoxy) is 1. The van der Waals surface area contributed by atoms with Crippen LogP contribution in [0.3, 0.4) is 0 Å². The van der Waals surface area contributed by atoms with Crippen molar-refractivity contribution in [3.63, 3.8) is 0 Å². The van der Waals surface area contributed by atoms with Gasteiger partial charge in [-0.2, -0.15) is 0 Å². The highest BCUT2D eigenvalue weighted by molar-refractivity contribution is 7.92. The standard InChI is InChI=1S/C17H19NO4S/c1-11-6-8-15(9-13(11)3)18-23(20,21)16-10-14(17(19)22-4)7-5-12(16)2/h5-10,18H,1-4H3. The summed E-state index contributed by atoms with van der Waals surface area (Å²) < 4.78 is 32.4. The monoisotopic (exact) mass is 333 g/mol. The molecule has 0 heterocycles. The van der Waals surface area contributed by atoms with Crippen LogP contribution in [-0.4, -0.2) is 21.5 Å². The number of nitrogens with one attached hydrogen (secondary N) is 1. The van der Waals surface area contributed by atoms with Crippen LogP contribution in [0.1, 0.15) is 27.0 Å². The van der Waals surface area contributed by atoms with Crippen LogP contribution in [-0.2, 0) is 14.8 Å². The zero-order chi connectivity index (χ0) is 17.2. The van der Waals surface area contributed by atoms with Gasteiger partial charge in [-0.15, -0.1) is 0 Å². The first-order valence-corrected chi connectivity index (χ1v) is 8.52. The van der Waals surface area contributed by atoms with Gasteiger partial charge in [-0.1, -0.05) is 12.1 Å². The fourth-order valence-electron chi connectivity index (χ4n) is 2.15. The van der Waals surface area contributed by atoms with Crippen LogP contribution in [0.5, 0.6) is 0 Å². The van der Waals surface area contributed by atoms with Gasteiger partial charge >= 0.3 is 5.97 Å². The van der Waals surface area contributed by atoms with Crippen LogP contribution in [0.2, 0.25) is 0 Å². The zero-order valence-electron chi connectivity index (χ0n) is 13.5. The Morgan fingerprint density at radius 2 is 1.61 bits per heavy atom. The summed E-state index contributed by atoms with van der Waals surface area (Å²) in [5.74, 6) is -0.576. The summed E-state index contributed by atoms with van der Waals surface area (Å²) in [5, 5.41) is 0. The van der Waals surface area contributed by atoms with Crippen LogP contribution in [0.25, 0.3) is 0 Å². The first-order chi connectivity index (χ1) is 10.7. The van der Waals surface area contributed by atoms with Crippen molar-refractivity contribution < 1.29 is 17.9 Å². The number of rotatable bonds is 4. The second kappa shape index (κ2) is 6.42. The lowest BCUT2D eigenvalue weighted by molar-refractivity contribution is 0.0600. The Balaban J connectivity index is 2.42. The molecule has 0 fully saturated rings. The molecule has 0 amide bonds. The Labute approximate surface area is 136 Å². The molecule has 0 aromatic heterocycles. The van der Waals surface area contributed by atoms with E-state index in [0.29, 0.717) is 11.3 Å². The van der Waals surface area contributed by atoms with E-state index in [9.17, 15) is 13.2 Å². The summed E-state index contributed by atoms with van der Waals surface area (Å²) in [7, 11) is -2.54. The number of hydrogen-bond acceptors (Lipinski definition) is 4. The highest BCUT2D eigenvalue weighted by Crippen LogP contribution is 2.22. The van der Waals surface area contributed by atoms with Crippen LogP contribution in [0.4, 0.5) is 5.69 Å². The number of carbonyl (C=O) groups excluding carboxylic acids is 1. The van der Waals surface area contributed by atoms with Gasteiger partial charge in [0, 0.05) is 5.69 Å². The average Bonchev–Trinajstić information content (AvgIpc) is 2.50. The molecule has 0 spiro atoms. The molecule has 5 nitrogen and oxygen atoms in total. The molecule has 0 saturated heterocycles. The summed E-state index contributed by atoms with van der Waals surface area (Å²) in [5.41, 5.74) is 3.30. The number of hydrogen-bond donors (Lipinski definition) is 1. The maximum atomic E-state index is 12.6. The Bertz CT molecular complexity index is 857. The molecule has 1 N–H and O–H groups in total. The molecule has 122 valence electrons. The molecule has 0 saturated carbocycles. The van der Waals surface area contributed by atoms with Gasteiger partial charge in [0.15, 0.2) is 0 Å². The molecule has 6 heteroatoms. The van der Waals surface area contributed by atoms with Crippen LogP contribution in [0.15, 0.2) is 41.3 Å². The summed E-state index contributed by atoms with van der Waals surface area (Å²) >= 11 is 0. The Morgan fingerprint density at radius 3 is 2.22 bits per heavy atom. The molecule has 23 heavy (non-hydrogen) atoms. The van der Waals surface area contributed by atoms with Crippen molar-refractivity contribution in [1.82, 2.24) is 0 Å². The third-order valence-electron chi connectivity index (χ3n) is 3.66. The van der Waals surface area contributed by atoms with Crippen molar-refractivity contribution in [2.45, 2.75) is 25.7 Å². The molecule has 0 unspecified atom stereocenters. The van der Waals surface area contributed by atoms with Crippen molar-refractivity contribution in [2.75, 3.05) is 11.8 Å². The number of sulfonamides is 1. The van der Waals surface area contributed by atoms with Gasteiger partial charge in [-0.05, 0) is 61.7 Å². The number of methoxy groups -OCH3 is 1. The third kappa shape index (κ3) is 3.71. The minimum absolute atomic E-state index is 0.0543. The molecule has 0 aliphatic carbocycles. The van der Waals surface area contributed by atoms with Gasteiger partial charge in [0.25, 0.3) is 10.0 Å². The van der Waals surface area contributed by atoms with E-state index in [1.165, 1.54) is 19.2 Å². The lowest BCUT2D eigenvalue weighted by Gasteiger charge is -2.12. The molecular formula is C17H19NO4S. The highest BCUT2D eigenvalue weighted by atomic mass is 32.2. The quantitative estimate of drug-likeness (QED) is 0.872. The normalized spacial score (nSPS) is 11.1. The van der Waals surface area contributed by atoms with Gasteiger partial charge in [-0.25, -0.2) is 13.2 Å². The lowest BCUT2D eigenvalue weighted by Crippen LogP contribution is -2.15. The fourth-order valence-corrected chi connectivity index (χ4v) is 3.47. The number of benzene rings is 2. The molecular weight excluding hydrogens is 314 g/mol. The maximum absolute atomic E-state index is 12.6. The smallest absolute Gasteiger partial charge is 0.337 e. The van der Waals surface area contributed by atoms with E-state index in [1.54, 1.807) is 25.1 Å². The first kappa shape index (κ1) is 17.0. The van der Waals surface area contributed by atoms with Crippen molar-refractivity contribution in [2.24, 2.45) is 0 Å². The van der Waals surface area contributed by atoms with E-state index in [1.807, 2.05) is 19.9 Å². The molecule has 0 radical (unpaired) electrons. The summed E-state index contributed by atoms with van der Waals surface area (Å²) in [6.45, 7) is 5.55. The largest absolute Gasteiger partial charge is 0.465 e. The summed E-state index contributed by atoms with van der Waals surface area (Å²) in [6.07, 6.45) is 0. The Kier molecular flexibility index (Phi) is 4.75. The summed E-state index contributed by atoms with van der Waals surface area (Å²) in [6, 6.07) is 9.78. The summed E-state index contributed by atoms with van der Waals surface area (Å²) in [4.78, 5) is 11.7. The number of aryl methyl sites for hydroxylation is 3. The fraction of sp³-hybridized carbons (Fsp3) is 0.235. The zero-order valence-corrected chi connectivity index (χ0v) is 14.3.